The Hall–Kier alpha value is -9.38. The van der Waals surface area contributed by atoms with Gasteiger partial charge in [-0.2, -0.15) is 0 Å². The van der Waals surface area contributed by atoms with Crippen LogP contribution in [0.4, 0.5) is 0 Å². The van der Waals surface area contributed by atoms with Gasteiger partial charge in [-0.15, -0.1) is 0 Å². The zero-order valence-electron chi connectivity index (χ0n) is 38.0. The monoisotopic (exact) mass is 890 g/mol. The average Bonchev–Trinajstić information content (AvgIpc) is 3.95. The molecular weight excluding hydrogens is 849 g/mol. The average molecular weight is 891 g/mol. The van der Waals surface area contributed by atoms with Crippen LogP contribution in [0.15, 0.2) is 255 Å². The van der Waals surface area contributed by atoms with E-state index in [0.29, 0.717) is 0 Å². The van der Waals surface area contributed by atoms with Gasteiger partial charge in [-0.25, -0.2) is 0 Å². The predicted octanol–water partition coefficient (Wildman–Crippen LogP) is 17.5. The van der Waals surface area contributed by atoms with Crippen LogP contribution in [0.1, 0.15) is 0 Å². The molecule has 0 atom stereocenters. The molecule has 15 aromatic rings. The quantitative estimate of drug-likeness (QED) is 0.157. The minimum atomic E-state index is 1.11. The van der Waals surface area contributed by atoms with E-state index in [9.17, 15) is 0 Å². The summed E-state index contributed by atoms with van der Waals surface area (Å²) in [6.07, 6.45) is 0. The van der Waals surface area contributed by atoms with E-state index in [1.54, 1.807) is 0 Å². The minimum Gasteiger partial charge on any atom is -0.309 e. The largest absolute Gasteiger partial charge is 0.309 e. The van der Waals surface area contributed by atoms with E-state index in [1.165, 1.54) is 86.7 Å². The van der Waals surface area contributed by atoms with Crippen molar-refractivity contribution >= 4 is 109 Å². The topological polar surface area (TPSA) is 19.7 Å². The molecule has 0 bridgehead atoms. The zero-order valence-corrected chi connectivity index (χ0v) is 38.0. The number of hydrogen-bond acceptors (Lipinski definition) is 0. The number of aromatic nitrogens is 4. The molecule has 70 heavy (non-hydrogen) atoms. The third-order valence-electron chi connectivity index (χ3n) is 14.8. The first-order valence-corrected chi connectivity index (χ1v) is 24.1. The van der Waals surface area contributed by atoms with Crippen molar-refractivity contribution in [2.24, 2.45) is 0 Å². The van der Waals surface area contributed by atoms with Gasteiger partial charge >= 0.3 is 0 Å². The Morgan fingerprint density at radius 1 is 0.143 bits per heavy atom. The highest BCUT2D eigenvalue weighted by Gasteiger charge is 2.20. The SMILES string of the molecule is c1ccc(-n2c3ccccc3n(-c3ccccc3)c3cc4c5cc(-n6c7ccccc7c7cc(-n8c9ccccc9c9ccccc98)ccc76)ccc5c5ccccc5c5ccccc5c4cc32)cc1. The van der Waals surface area contributed by atoms with Crippen molar-refractivity contribution in [3.8, 4) is 22.7 Å². The Balaban J connectivity index is 1.10. The van der Waals surface area contributed by atoms with Crippen molar-refractivity contribution in [3.63, 3.8) is 0 Å². The summed E-state index contributed by atoms with van der Waals surface area (Å²) >= 11 is 0. The van der Waals surface area contributed by atoms with E-state index in [1.807, 2.05) is 0 Å². The van der Waals surface area contributed by atoms with Crippen LogP contribution in [0, 0.1) is 0 Å². The van der Waals surface area contributed by atoms with Crippen LogP contribution in [-0.2, 0) is 0 Å². The van der Waals surface area contributed by atoms with Crippen molar-refractivity contribution < 1.29 is 0 Å². The third kappa shape index (κ3) is 5.59. The van der Waals surface area contributed by atoms with Crippen LogP contribution in [0.25, 0.3) is 132 Å². The predicted molar refractivity (Wildman–Crippen MR) is 296 cm³/mol. The van der Waals surface area contributed by atoms with E-state index >= 15 is 0 Å². The molecule has 3 aromatic heterocycles. The molecule has 4 heteroatoms. The first-order valence-electron chi connectivity index (χ1n) is 24.1. The van der Waals surface area contributed by atoms with Crippen LogP contribution in [-0.4, -0.2) is 18.3 Å². The fraction of sp³-hybridized carbons (Fsp3) is 0. The lowest BCUT2D eigenvalue weighted by Gasteiger charge is -2.23. The standard InChI is InChI=1S/C66H42N4/c1-3-19-43(20-4-1)67-63-33-17-18-34-64(63)68(44-21-5-2-6-22-44)66-42-57-55-39-45(35-37-51(55)49-25-8-7-23-47(49)48-24-9-10-26-50(48)56(57)41-65(66)67)70-61-32-16-13-29-54(61)58-40-46(36-38-62(58)70)69-59-30-14-11-27-52(59)53-28-12-15-31-60(53)69/h1-42H. The van der Waals surface area contributed by atoms with Gasteiger partial charge in [0.25, 0.3) is 0 Å². The summed E-state index contributed by atoms with van der Waals surface area (Å²) in [6.45, 7) is 0. The second-order valence-electron chi connectivity index (χ2n) is 18.5. The highest BCUT2D eigenvalue weighted by atomic mass is 15.1. The second-order valence-corrected chi connectivity index (χ2v) is 18.5. The van der Waals surface area contributed by atoms with Crippen molar-refractivity contribution in [2.45, 2.75) is 0 Å². The molecule has 0 aliphatic heterocycles. The van der Waals surface area contributed by atoms with Gasteiger partial charge in [0, 0.05) is 44.3 Å². The smallest absolute Gasteiger partial charge is 0.0709 e. The Labute approximate surface area is 402 Å². The molecule has 12 aromatic carbocycles. The van der Waals surface area contributed by atoms with Gasteiger partial charge in [0.2, 0.25) is 0 Å². The summed E-state index contributed by atoms with van der Waals surface area (Å²) in [5, 5.41) is 14.6. The highest BCUT2D eigenvalue weighted by molar-refractivity contribution is 6.27. The molecule has 0 amide bonds. The van der Waals surface area contributed by atoms with Gasteiger partial charge in [0.05, 0.1) is 44.1 Å². The number of nitrogens with zero attached hydrogens (tertiary/aromatic N) is 4. The van der Waals surface area contributed by atoms with Crippen LogP contribution in [0.3, 0.4) is 0 Å². The van der Waals surface area contributed by atoms with Crippen LogP contribution < -0.4 is 0 Å². The van der Waals surface area contributed by atoms with Gasteiger partial charge in [-0.05, 0) is 140 Å². The molecule has 326 valence electrons. The van der Waals surface area contributed by atoms with Crippen molar-refractivity contribution in [1.82, 2.24) is 18.3 Å². The zero-order chi connectivity index (χ0) is 45.9. The Bertz CT molecular complexity index is 4650. The van der Waals surface area contributed by atoms with Crippen LogP contribution >= 0.6 is 0 Å². The summed E-state index contributed by atoms with van der Waals surface area (Å²) in [5.74, 6) is 0. The maximum absolute atomic E-state index is 2.47. The summed E-state index contributed by atoms with van der Waals surface area (Å²) in [6, 6.07) is 93.9. The van der Waals surface area contributed by atoms with Gasteiger partial charge in [0.1, 0.15) is 0 Å². The Kier molecular flexibility index (Phi) is 8.33. The molecule has 0 aliphatic carbocycles. The van der Waals surface area contributed by atoms with Crippen LogP contribution in [0.2, 0.25) is 0 Å². The minimum absolute atomic E-state index is 1.11. The Morgan fingerprint density at radius 2 is 0.429 bits per heavy atom. The van der Waals surface area contributed by atoms with Gasteiger partial charge < -0.3 is 18.3 Å². The molecule has 15 rings (SSSR count). The van der Waals surface area contributed by atoms with Gasteiger partial charge in [-0.1, -0.05) is 158 Å². The molecule has 0 radical (unpaired) electrons. The van der Waals surface area contributed by atoms with Gasteiger partial charge in [-0.3, -0.25) is 0 Å². The number of rotatable bonds is 4. The first-order chi connectivity index (χ1) is 34.8. The number of fused-ring (bicyclic) bond motifs is 16. The van der Waals surface area contributed by atoms with Crippen molar-refractivity contribution in [2.75, 3.05) is 0 Å². The fourth-order valence-electron chi connectivity index (χ4n) is 11.8. The fourth-order valence-corrected chi connectivity index (χ4v) is 11.8. The maximum Gasteiger partial charge on any atom is 0.0709 e. The summed E-state index contributed by atoms with van der Waals surface area (Å²) < 4.78 is 9.79. The number of hydrogen-bond donors (Lipinski definition) is 0. The summed E-state index contributed by atoms with van der Waals surface area (Å²) in [7, 11) is 0. The van der Waals surface area contributed by atoms with E-state index < -0.39 is 0 Å². The van der Waals surface area contributed by atoms with Crippen molar-refractivity contribution in [3.05, 3.63) is 255 Å². The van der Waals surface area contributed by atoms with E-state index in [4.69, 9.17) is 0 Å². The lowest BCUT2D eigenvalue weighted by atomic mass is 9.93. The molecular formula is C66H42N4. The van der Waals surface area contributed by atoms with Crippen molar-refractivity contribution in [1.29, 1.82) is 0 Å². The molecule has 4 nitrogen and oxygen atoms in total. The normalized spacial score (nSPS) is 12.0. The maximum atomic E-state index is 2.47. The molecule has 3 heterocycles. The summed E-state index contributed by atoms with van der Waals surface area (Å²) in [5.41, 5.74) is 13.7. The third-order valence-corrected chi connectivity index (χ3v) is 14.8. The first kappa shape index (κ1) is 38.7. The van der Waals surface area contributed by atoms with E-state index in [-0.39, 0.29) is 0 Å². The molecule has 0 saturated heterocycles. The lowest BCUT2D eigenvalue weighted by Crippen LogP contribution is -2.08. The molecule has 0 fully saturated rings. The van der Waals surface area contributed by atoms with E-state index in [2.05, 4.69) is 273 Å². The van der Waals surface area contributed by atoms with E-state index in [0.717, 1.165) is 44.8 Å². The summed E-state index contributed by atoms with van der Waals surface area (Å²) in [4.78, 5) is 0. The molecule has 0 saturated carbocycles. The lowest BCUT2D eigenvalue weighted by molar-refractivity contribution is 1.09. The highest BCUT2D eigenvalue weighted by Crippen LogP contribution is 2.42. The van der Waals surface area contributed by atoms with Gasteiger partial charge in [0.15, 0.2) is 0 Å². The Morgan fingerprint density at radius 3 is 0.900 bits per heavy atom. The molecule has 0 N–H and O–H groups in total. The molecule has 0 spiro atoms. The molecule has 0 aliphatic rings. The number of para-hydroxylation sites is 7. The van der Waals surface area contributed by atoms with Crippen LogP contribution in [0.5, 0.6) is 0 Å². The molecule has 0 unspecified atom stereocenters. The number of benzene rings is 11. The second kappa shape index (κ2) is 15.1.